The summed E-state index contributed by atoms with van der Waals surface area (Å²) in [5.41, 5.74) is 0. The lowest BCUT2D eigenvalue weighted by Crippen LogP contribution is -2.26. The summed E-state index contributed by atoms with van der Waals surface area (Å²) in [5.74, 6) is -0.992. The van der Waals surface area contributed by atoms with E-state index in [0.29, 0.717) is 6.42 Å². The SMILES string of the molecule is CC1CCC(C(F)(F)F)[C@@H]1C. The Kier molecular flexibility index (Phi) is 2.17. The third kappa shape index (κ3) is 1.68. The number of alkyl halides is 3. The van der Waals surface area contributed by atoms with Gasteiger partial charge in [0.15, 0.2) is 0 Å². The van der Waals surface area contributed by atoms with Crippen molar-refractivity contribution in [2.24, 2.45) is 17.8 Å². The summed E-state index contributed by atoms with van der Waals surface area (Å²) in [4.78, 5) is 0. The molecule has 0 aliphatic heterocycles. The van der Waals surface area contributed by atoms with Gasteiger partial charge in [-0.15, -0.1) is 0 Å². The molecule has 0 saturated heterocycles. The first-order valence-electron chi connectivity index (χ1n) is 3.99. The van der Waals surface area contributed by atoms with Crippen LogP contribution >= 0.6 is 0 Å². The predicted octanol–water partition coefficient (Wildman–Crippen LogP) is 3.23. The second-order valence-electron chi connectivity index (χ2n) is 3.56. The van der Waals surface area contributed by atoms with Gasteiger partial charge in [0.2, 0.25) is 0 Å². The summed E-state index contributed by atoms with van der Waals surface area (Å²) in [6.07, 6.45) is -2.92. The minimum Gasteiger partial charge on any atom is -0.171 e. The summed E-state index contributed by atoms with van der Waals surface area (Å²) >= 11 is 0. The Balaban J connectivity index is 2.62. The highest BCUT2D eigenvalue weighted by molar-refractivity contribution is 4.83. The van der Waals surface area contributed by atoms with Crippen molar-refractivity contribution in [1.82, 2.24) is 0 Å². The second kappa shape index (κ2) is 2.68. The van der Waals surface area contributed by atoms with Crippen LogP contribution in [0.25, 0.3) is 0 Å². The summed E-state index contributed by atoms with van der Waals surface area (Å²) < 4.78 is 36.6. The van der Waals surface area contributed by atoms with Gasteiger partial charge in [0.25, 0.3) is 0 Å². The van der Waals surface area contributed by atoms with Gasteiger partial charge in [0, 0.05) is 0 Å². The van der Waals surface area contributed by atoms with Crippen LogP contribution in [0.2, 0.25) is 0 Å². The molecular formula is C8H13F3. The molecule has 0 radical (unpaired) electrons. The van der Waals surface area contributed by atoms with Crippen molar-refractivity contribution in [1.29, 1.82) is 0 Å². The van der Waals surface area contributed by atoms with Crippen LogP contribution in [0.1, 0.15) is 26.7 Å². The molecule has 11 heavy (non-hydrogen) atoms. The van der Waals surface area contributed by atoms with Gasteiger partial charge in [0.05, 0.1) is 5.92 Å². The molecule has 1 aliphatic carbocycles. The van der Waals surface area contributed by atoms with Crippen molar-refractivity contribution in [3.8, 4) is 0 Å². The minimum absolute atomic E-state index is 0.185. The number of hydrogen-bond donors (Lipinski definition) is 0. The van der Waals surface area contributed by atoms with Crippen molar-refractivity contribution < 1.29 is 13.2 Å². The van der Waals surface area contributed by atoms with E-state index < -0.39 is 12.1 Å². The van der Waals surface area contributed by atoms with Crippen LogP contribution in [-0.2, 0) is 0 Å². The van der Waals surface area contributed by atoms with Gasteiger partial charge in [-0.2, -0.15) is 13.2 Å². The maximum atomic E-state index is 12.2. The topological polar surface area (TPSA) is 0 Å². The molecule has 0 N–H and O–H groups in total. The molecule has 3 atom stereocenters. The Labute approximate surface area is 64.8 Å². The van der Waals surface area contributed by atoms with Gasteiger partial charge in [-0.1, -0.05) is 13.8 Å². The molecule has 1 rings (SSSR count). The highest BCUT2D eigenvalue weighted by Crippen LogP contribution is 2.45. The Bertz CT molecular complexity index is 139. The Hall–Kier alpha value is -0.210. The predicted molar refractivity (Wildman–Crippen MR) is 37.1 cm³/mol. The number of halogens is 3. The highest BCUT2D eigenvalue weighted by atomic mass is 19.4. The summed E-state index contributed by atoms with van der Waals surface area (Å²) in [6.45, 7) is 3.60. The molecule has 1 fully saturated rings. The maximum absolute atomic E-state index is 12.2. The van der Waals surface area contributed by atoms with E-state index in [1.165, 1.54) is 0 Å². The number of hydrogen-bond acceptors (Lipinski definition) is 0. The molecule has 0 aromatic carbocycles. The standard InChI is InChI=1S/C8H13F3/c1-5-3-4-7(6(5)2)8(9,10)11/h5-7H,3-4H2,1-2H3/t5?,6-,7?/m1/s1. The van der Waals surface area contributed by atoms with Crippen molar-refractivity contribution in [2.75, 3.05) is 0 Å². The Morgan fingerprint density at radius 3 is 1.82 bits per heavy atom. The van der Waals surface area contributed by atoms with Gasteiger partial charge in [-0.3, -0.25) is 0 Å². The van der Waals surface area contributed by atoms with Gasteiger partial charge in [-0.25, -0.2) is 0 Å². The van der Waals surface area contributed by atoms with Crippen molar-refractivity contribution in [2.45, 2.75) is 32.9 Å². The molecule has 0 amide bonds. The molecular weight excluding hydrogens is 153 g/mol. The molecule has 2 unspecified atom stereocenters. The first-order chi connectivity index (χ1) is 4.93. The van der Waals surface area contributed by atoms with E-state index in [1.807, 2.05) is 6.92 Å². The molecule has 0 aromatic rings. The van der Waals surface area contributed by atoms with Crippen molar-refractivity contribution in [3.05, 3.63) is 0 Å². The Morgan fingerprint density at radius 1 is 1.09 bits per heavy atom. The zero-order valence-electron chi connectivity index (χ0n) is 6.78. The van der Waals surface area contributed by atoms with E-state index in [-0.39, 0.29) is 11.8 Å². The lowest BCUT2D eigenvalue weighted by Gasteiger charge is -2.20. The molecule has 0 heterocycles. The van der Waals surface area contributed by atoms with Gasteiger partial charge in [0.1, 0.15) is 0 Å². The first-order valence-corrected chi connectivity index (χ1v) is 3.99. The van der Waals surface area contributed by atoms with Crippen LogP contribution in [0.3, 0.4) is 0 Å². The minimum atomic E-state index is -3.97. The quantitative estimate of drug-likeness (QED) is 0.518. The Morgan fingerprint density at radius 2 is 1.64 bits per heavy atom. The van der Waals surface area contributed by atoms with Crippen LogP contribution in [0.4, 0.5) is 13.2 Å². The maximum Gasteiger partial charge on any atom is 0.392 e. The third-order valence-electron chi connectivity index (χ3n) is 2.89. The highest BCUT2D eigenvalue weighted by Gasteiger charge is 2.47. The number of rotatable bonds is 0. The molecule has 0 nitrogen and oxygen atoms in total. The fourth-order valence-electron chi connectivity index (χ4n) is 1.83. The molecule has 1 aliphatic rings. The molecule has 3 heteroatoms. The molecule has 0 bridgehead atoms. The molecule has 1 saturated carbocycles. The smallest absolute Gasteiger partial charge is 0.171 e. The van der Waals surface area contributed by atoms with Crippen LogP contribution in [0, 0.1) is 17.8 Å². The van der Waals surface area contributed by atoms with E-state index in [1.54, 1.807) is 6.92 Å². The monoisotopic (exact) mass is 166 g/mol. The van der Waals surface area contributed by atoms with Crippen molar-refractivity contribution in [3.63, 3.8) is 0 Å². The van der Waals surface area contributed by atoms with E-state index in [4.69, 9.17) is 0 Å². The molecule has 66 valence electrons. The molecule has 0 spiro atoms. The van der Waals surface area contributed by atoms with E-state index in [2.05, 4.69) is 0 Å². The summed E-state index contributed by atoms with van der Waals surface area (Å²) in [7, 11) is 0. The lowest BCUT2D eigenvalue weighted by atomic mass is 9.92. The van der Waals surface area contributed by atoms with E-state index in [9.17, 15) is 13.2 Å². The van der Waals surface area contributed by atoms with Gasteiger partial charge in [-0.05, 0) is 24.7 Å². The van der Waals surface area contributed by atoms with E-state index in [0.717, 1.165) is 6.42 Å². The lowest BCUT2D eigenvalue weighted by molar-refractivity contribution is -0.183. The molecule has 0 aromatic heterocycles. The zero-order valence-corrected chi connectivity index (χ0v) is 6.78. The largest absolute Gasteiger partial charge is 0.392 e. The summed E-state index contributed by atoms with van der Waals surface area (Å²) in [6, 6.07) is 0. The van der Waals surface area contributed by atoms with Crippen LogP contribution in [0.15, 0.2) is 0 Å². The average molecular weight is 166 g/mol. The van der Waals surface area contributed by atoms with Crippen molar-refractivity contribution >= 4 is 0 Å². The zero-order chi connectivity index (χ0) is 8.65. The summed E-state index contributed by atoms with van der Waals surface area (Å²) in [5, 5.41) is 0. The van der Waals surface area contributed by atoms with Gasteiger partial charge < -0.3 is 0 Å². The third-order valence-corrected chi connectivity index (χ3v) is 2.89. The fourth-order valence-corrected chi connectivity index (χ4v) is 1.83. The average Bonchev–Trinajstić information content (AvgIpc) is 2.11. The second-order valence-corrected chi connectivity index (χ2v) is 3.56. The fraction of sp³-hybridized carbons (Fsp3) is 1.00. The first kappa shape index (κ1) is 8.88. The van der Waals surface area contributed by atoms with Gasteiger partial charge >= 0.3 is 6.18 Å². The van der Waals surface area contributed by atoms with Crippen LogP contribution in [-0.4, -0.2) is 6.18 Å². The van der Waals surface area contributed by atoms with Crippen LogP contribution in [0.5, 0.6) is 0 Å². The normalized spacial score (nSPS) is 39.5. The van der Waals surface area contributed by atoms with Crippen LogP contribution < -0.4 is 0 Å². The van der Waals surface area contributed by atoms with E-state index >= 15 is 0 Å².